The summed E-state index contributed by atoms with van der Waals surface area (Å²) in [5.41, 5.74) is 12.2. The van der Waals surface area contributed by atoms with Crippen LogP contribution in [-0.4, -0.2) is 14.5 Å². The fourth-order valence-corrected chi connectivity index (χ4v) is 8.13. The molecule has 5 nitrogen and oxygen atoms in total. The summed E-state index contributed by atoms with van der Waals surface area (Å²) in [6, 6.07) is 52.2. The fourth-order valence-electron chi connectivity index (χ4n) is 8.13. The summed E-state index contributed by atoms with van der Waals surface area (Å²) in [6.45, 7) is 13.5. The summed E-state index contributed by atoms with van der Waals surface area (Å²) >= 11 is 0. The second-order valence-electron chi connectivity index (χ2n) is 15.6. The summed E-state index contributed by atoms with van der Waals surface area (Å²) in [5, 5.41) is 2.05. The van der Waals surface area contributed by atoms with Gasteiger partial charge in [0.05, 0.1) is 22.4 Å². The first-order valence-corrected chi connectivity index (χ1v) is 19.4. The molecule has 10 rings (SSSR count). The van der Waals surface area contributed by atoms with E-state index in [0.717, 1.165) is 72.7 Å². The van der Waals surface area contributed by atoms with Crippen molar-refractivity contribution in [2.24, 2.45) is 0 Å². The van der Waals surface area contributed by atoms with Crippen molar-refractivity contribution in [3.63, 3.8) is 0 Å². The Labute approximate surface area is 347 Å². The minimum Gasteiger partial charge on any atom is -0.497 e. The Morgan fingerprint density at radius 2 is 1.37 bits per heavy atom. The molecule has 0 spiro atoms. The van der Waals surface area contributed by atoms with Gasteiger partial charge in [-0.2, -0.15) is 0 Å². The number of furan rings is 1. The normalized spacial score (nSPS) is 12.8. The molecule has 0 atom stereocenters. The minimum absolute atomic E-state index is 0. The molecule has 6 heteroatoms. The number of rotatable bonds is 5. The van der Waals surface area contributed by atoms with Gasteiger partial charge in [-0.15, -0.1) is 54.1 Å². The molecule has 6 aromatic carbocycles. The Morgan fingerprint density at radius 1 is 0.649 bits per heavy atom. The van der Waals surface area contributed by atoms with E-state index < -0.39 is 0 Å². The molecular formula is C51H43IrN3O2-2. The third-order valence-electron chi connectivity index (χ3n) is 11.0. The molecule has 0 saturated carbocycles. The molecule has 0 saturated heterocycles. The van der Waals surface area contributed by atoms with Crippen LogP contribution in [0.1, 0.15) is 75.6 Å². The molecule has 285 valence electrons. The largest absolute Gasteiger partial charge is 0.497 e. The first-order valence-electron chi connectivity index (χ1n) is 19.4. The maximum absolute atomic E-state index is 6.88. The maximum Gasteiger partial charge on any atom is 0.173 e. The van der Waals surface area contributed by atoms with E-state index in [0.29, 0.717) is 11.8 Å². The van der Waals surface area contributed by atoms with Gasteiger partial charge in [0.1, 0.15) is 5.75 Å². The van der Waals surface area contributed by atoms with Crippen molar-refractivity contribution in [2.75, 3.05) is 0 Å². The summed E-state index contributed by atoms with van der Waals surface area (Å²) in [7, 11) is 0. The van der Waals surface area contributed by atoms with Crippen LogP contribution in [0.2, 0.25) is 0 Å². The van der Waals surface area contributed by atoms with Crippen LogP contribution in [-0.2, 0) is 25.5 Å². The Morgan fingerprint density at radius 3 is 2.11 bits per heavy atom. The first kappa shape index (κ1) is 38.1. The zero-order valence-electron chi connectivity index (χ0n) is 32.9. The average Bonchev–Trinajstić information content (AvgIpc) is 3.81. The van der Waals surface area contributed by atoms with Crippen molar-refractivity contribution < 1.29 is 29.3 Å². The van der Waals surface area contributed by atoms with E-state index in [1.165, 1.54) is 22.4 Å². The number of hydrogen-bond donors (Lipinski definition) is 0. The smallest absolute Gasteiger partial charge is 0.173 e. The van der Waals surface area contributed by atoms with Crippen LogP contribution in [0.4, 0.5) is 0 Å². The van der Waals surface area contributed by atoms with Gasteiger partial charge in [0.2, 0.25) is 0 Å². The van der Waals surface area contributed by atoms with E-state index in [4.69, 9.17) is 14.1 Å². The molecule has 57 heavy (non-hydrogen) atoms. The number of imidazole rings is 1. The quantitative estimate of drug-likeness (QED) is 0.161. The van der Waals surface area contributed by atoms with E-state index in [2.05, 4.69) is 136 Å². The van der Waals surface area contributed by atoms with Crippen LogP contribution in [0.25, 0.3) is 61.3 Å². The van der Waals surface area contributed by atoms with E-state index >= 15 is 0 Å². The summed E-state index contributed by atoms with van der Waals surface area (Å²) in [5.74, 6) is 3.15. The number of hydrogen-bond acceptors (Lipinski definition) is 4. The second-order valence-corrected chi connectivity index (χ2v) is 15.6. The third kappa shape index (κ3) is 6.57. The maximum atomic E-state index is 6.88. The van der Waals surface area contributed by atoms with Crippen molar-refractivity contribution in [3.8, 4) is 39.8 Å². The Hall–Kier alpha value is -5.81. The van der Waals surface area contributed by atoms with Crippen molar-refractivity contribution in [3.05, 3.63) is 174 Å². The van der Waals surface area contributed by atoms with Crippen molar-refractivity contribution in [1.29, 1.82) is 0 Å². The average molecular weight is 922 g/mol. The molecule has 0 aliphatic carbocycles. The zero-order valence-corrected chi connectivity index (χ0v) is 35.3. The predicted octanol–water partition coefficient (Wildman–Crippen LogP) is 13.6. The standard InChI is InChI=1S/C40H35N2O2.C11H8N.Ir/c1-23(2)25-13-11-14-26(24(3)4)35(25)42-33-19-9-8-18-32(33)41-39(42)29-16-12-15-27-28-21-22-31-38(37(28)44-36(27)29)43-34-20-10-7-17-30(34)40(31,5)6;1-2-6-10(7-3-1)11-8-4-5-9-12-11;/h7-15,17-24H,1-6H3;1-6,8-9H;/q2*-1;. The Balaban J connectivity index is 0.000000300. The number of pyridine rings is 1. The molecule has 1 radical (unpaired) electrons. The number of fused-ring (bicyclic) bond motifs is 7. The van der Waals surface area contributed by atoms with Gasteiger partial charge < -0.3 is 18.7 Å². The van der Waals surface area contributed by atoms with Crippen molar-refractivity contribution in [1.82, 2.24) is 14.5 Å². The number of para-hydroxylation sites is 4. The molecule has 1 aliphatic heterocycles. The number of aromatic nitrogens is 3. The van der Waals surface area contributed by atoms with Crippen LogP contribution in [0.3, 0.4) is 0 Å². The van der Waals surface area contributed by atoms with Gasteiger partial charge in [0.15, 0.2) is 11.3 Å². The monoisotopic (exact) mass is 922 g/mol. The molecule has 0 fully saturated rings. The SMILES string of the molecule is CC(C)c1cccc(C(C)C)c1-n1c(-c2[c-]ccc3c2oc2c4c(ccc23)C(C)(C)c2ccccc2O4)nc2ccccc21.[Ir].[c-]1ccccc1-c1ccccn1. The van der Waals surface area contributed by atoms with Gasteiger partial charge in [-0.25, -0.2) is 0 Å². The second kappa shape index (κ2) is 15.3. The number of ether oxygens (including phenoxy) is 1. The number of benzene rings is 6. The van der Waals surface area contributed by atoms with Gasteiger partial charge in [-0.05, 0) is 52.9 Å². The van der Waals surface area contributed by atoms with Crippen LogP contribution < -0.4 is 4.74 Å². The molecule has 0 N–H and O–H groups in total. The topological polar surface area (TPSA) is 53.1 Å². The first-order chi connectivity index (χ1) is 27.2. The predicted molar refractivity (Wildman–Crippen MR) is 228 cm³/mol. The fraction of sp³-hybridized carbons (Fsp3) is 0.176. The summed E-state index contributed by atoms with van der Waals surface area (Å²) in [6.07, 6.45) is 1.79. The van der Waals surface area contributed by atoms with E-state index in [-0.39, 0.29) is 25.5 Å². The van der Waals surface area contributed by atoms with Crippen LogP contribution in [0.5, 0.6) is 11.5 Å². The zero-order chi connectivity index (χ0) is 38.6. The molecule has 1 aliphatic rings. The van der Waals surface area contributed by atoms with E-state index in [9.17, 15) is 0 Å². The summed E-state index contributed by atoms with van der Waals surface area (Å²) in [4.78, 5) is 9.48. The van der Waals surface area contributed by atoms with Crippen LogP contribution in [0, 0.1) is 12.1 Å². The minimum atomic E-state index is -0.228. The summed E-state index contributed by atoms with van der Waals surface area (Å²) < 4.78 is 15.8. The molecule has 3 aromatic heterocycles. The molecule has 0 bridgehead atoms. The van der Waals surface area contributed by atoms with Gasteiger partial charge in [-0.1, -0.05) is 125 Å². The third-order valence-corrected chi connectivity index (χ3v) is 11.0. The van der Waals surface area contributed by atoms with Crippen molar-refractivity contribution in [2.45, 2.75) is 58.8 Å². The van der Waals surface area contributed by atoms with Gasteiger partial charge in [0.25, 0.3) is 0 Å². The van der Waals surface area contributed by atoms with Gasteiger partial charge >= 0.3 is 0 Å². The van der Waals surface area contributed by atoms with Gasteiger partial charge in [0, 0.05) is 53.9 Å². The molecule has 0 amide bonds. The molecule has 9 aromatic rings. The molecule has 4 heterocycles. The van der Waals surface area contributed by atoms with Gasteiger partial charge in [-0.3, -0.25) is 4.98 Å². The number of nitrogens with zero attached hydrogens (tertiary/aromatic N) is 3. The van der Waals surface area contributed by atoms with Crippen LogP contribution in [0.15, 0.2) is 144 Å². The Bertz CT molecular complexity index is 2810. The van der Waals surface area contributed by atoms with Crippen molar-refractivity contribution >= 4 is 33.0 Å². The van der Waals surface area contributed by atoms with Crippen LogP contribution >= 0.6 is 0 Å². The van der Waals surface area contributed by atoms with E-state index in [1.54, 1.807) is 6.20 Å². The van der Waals surface area contributed by atoms with E-state index in [1.807, 2.05) is 60.7 Å². The molecule has 0 unspecified atom stereocenters. The molecular weight excluding hydrogens is 879 g/mol. The Kier molecular flexibility index (Phi) is 10.2.